The molecule has 0 N–H and O–H groups in total. The monoisotopic (exact) mass is 371 g/mol. The fourth-order valence-corrected chi connectivity index (χ4v) is 5.02. The van der Waals surface area contributed by atoms with Crippen LogP contribution >= 0.6 is 11.3 Å². The van der Waals surface area contributed by atoms with E-state index in [4.69, 9.17) is 4.74 Å². The Morgan fingerprint density at radius 2 is 1.67 bits per heavy atom. The first kappa shape index (κ1) is 16.1. The number of benzene rings is 3. The van der Waals surface area contributed by atoms with E-state index in [9.17, 15) is 4.79 Å². The van der Waals surface area contributed by atoms with Crippen LogP contribution in [0.3, 0.4) is 0 Å². The highest BCUT2D eigenvalue weighted by Gasteiger charge is 2.23. The molecule has 0 saturated carbocycles. The largest absolute Gasteiger partial charge is 0.497 e. The Bertz CT molecular complexity index is 1350. The van der Waals surface area contributed by atoms with E-state index in [1.165, 1.54) is 5.56 Å². The van der Waals surface area contributed by atoms with Gasteiger partial charge < -0.3 is 4.74 Å². The van der Waals surface area contributed by atoms with Crippen LogP contribution in [0.15, 0.2) is 71.5 Å². The molecule has 3 aromatic carbocycles. The van der Waals surface area contributed by atoms with E-state index >= 15 is 0 Å². The van der Waals surface area contributed by atoms with Gasteiger partial charge in [0.25, 0.3) is 5.56 Å². The second kappa shape index (κ2) is 5.96. The van der Waals surface area contributed by atoms with Gasteiger partial charge in [-0.3, -0.25) is 9.36 Å². The summed E-state index contributed by atoms with van der Waals surface area (Å²) in [5.41, 5.74) is 4.26. The third-order valence-corrected chi connectivity index (χ3v) is 6.23. The van der Waals surface area contributed by atoms with Crippen LogP contribution in [0.25, 0.3) is 37.1 Å². The fraction of sp³-hybridized carbons (Fsp3) is 0.0870. The van der Waals surface area contributed by atoms with Crippen LogP contribution in [-0.2, 0) is 0 Å². The van der Waals surface area contributed by atoms with E-state index in [1.54, 1.807) is 18.4 Å². The molecule has 0 bridgehead atoms. The van der Waals surface area contributed by atoms with Crippen molar-refractivity contribution in [3.8, 4) is 21.9 Å². The Labute approximate surface area is 160 Å². The van der Waals surface area contributed by atoms with Gasteiger partial charge in [-0.15, -0.1) is 11.3 Å². The van der Waals surface area contributed by atoms with Crippen LogP contribution < -0.4 is 10.3 Å². The van der Waals surface area contributed by atoms with E-state index in [0.29, 0.717) is 0 Å². The van der Waals surface area contributed by atoms with Gasteiger partial charge in [0.2, 0.25) is 0 Å². The van der Waals surface area contributed by atoms with Crippen molar-refractivity contribution in [2.75, 3.05) is 7.11 Å². The molecule has 3 nitrogen and oxygen atoms in total. The van der Waals surface area contributed by atoms with E-state index < -0.39 is 0 Å². The SMILES string of the molecule is COc1ccc2c(c1)sc(-c1ccccc1C)c1c3ccccc3c(=O)n2-1. The summed E-state index contributed by atoms with van der Waals surface area (Å²) in [7, 11) is 1.66. The Morgan fingerprint density at radius 1 is 0.926 bits per heavy atom. The number of nitrogens with zero attached hydrogens (tertiary/aromatic N) is 1. The van der Waals surface area contributed by atoms with Crippen molar-refractivity contribution in [3.63, 3.8) is 0 Å². The maximum absolute atomic E-state index is 13.3. The number of ether oxygens (including phenoxy) is 1. The molecular formula is C23H17NO2S. The van der Waals surface area contributed by atoms with Crippen molar-refractivity contribution in [3.05, 3.63) is 82.6 Å². The summed E-state index contributed by atoms with van der Waals surface area (Å²) in [6.07, 6.45) is 0. The minimum Gasteiger partial charge on any atom is -0.497 e. The van der Waals surface area contributed by atoms with Crippen molar-refractivity contribution < 1.29 is 4.74 Å². The molecule has 0 atom stereocenters. The predicted octanol–water partition coefficient (Wildman–Crippen LogP) is 5.63. The molecule has 132 valence electrons. The van der Waals surface area contributed by atoms with Gasteiger partial charge in [0.05, 0.1) is 27.9 Å². The molecule has 0 unspecified atom stereocenters. The molecule has 0 fully saturated rings. The number of rotatable bonds is 2. The number of aromatic nitrogens is 1. The minimum atomic E-state index is 0.0263. The van der Waals surface area contributed by atoms with Gasteiger partial charge in [0.15, 0.2) is 0 Å². The number of methoxy groups -OCH3 is 1. The minimum absolute atomic E-state index is 0.0263. The molecule has 2 aliphatic rings. The highest BCUT2D eigenvalue weighted by molar-refractivity contribution is 7.22. The smallest absolute Gasteiger partial charge is 0.263 e. The summed E-state index contributed by atoms with van der Waals surface area (Å²) in [4.78, 5) is 14.4. The molecule has 0 spiro atoms. The first-order chi connectivity index (χ1) is 13.2. The molecule has 4 heteroatoms. The topological polar surface area (TPSA) is 31.2 Å². The van der Waals surface area contributed by atoms with Crippen molar-refractivity contribution >= 4 is 32.3 Å². The maximum atomic E-state index is 13.3. The van der Waals surface area contributed by atoms with Crippen LogP contribution in [0.1, 0.15) is 5.56 Å². The normalized spacial score (nSPS) is 11.5. The standard InChI is InChI=1S/C23H17NO2S/c1-14-7-3-4-8-16(14)22-21-17-9-5-6-10-18(17)23(25)24(21)19-12-11-15(26-2)13-20(19)27-22/h3-13H,1-2H3. The highest BCUT2D eigenvalue weighted by Crippen LogP contribution is 2.42. The van der Waals surface area contributed by atoms with Gasteiger partial charge in [0.1, 0.15) is 5.75 Å². The second-order valence-electron chi connectivity index (χ2n) is 6.61. The average Bonchev–Trinajstić information content (AvgIpc) is 3.01. The third-order valence-electron chi connectivity index (χ3n) is 5.06. The molecule has 0 radical (unpaired) electrons. The Kier molecular flexibility index (Phi) is 3.55. The first-order valence-electron chi connectivity index (χ1n) is 8.79. The molecule has 0 aliphatic carbocycles. The Balaban J connectivity index is 2.05. The molecular weight excluding hydrogens is 354 g/mol. The van der Waals surface area contributed by atoms with E-state index in [1.807, 2.05) is 59.2 Å². The van der Waals surface area contributed by atoms with Crippen molar-refractivity contribution in [1.82, 2.24) is 4.57 Å². The lowest BCUT2D eigenvalue weighted by Gasteiger charge is -2.16. The Morgan fingerprint density at radius 3 is 2.44 bits per heavy atom. The molecule has 5 rings (SSSR count). The van der Waals surface area contributed by atoms with E-state index in [0.717, 1.165) is 42.9 Å². The summed E-state index contributed by atoms with van der Waals surface area (Å²) in [5, 5.41) is 1.75. The third kappa shape index (κ3) is 2.30. The zero-order valence-corrected chi connectivity index (χ0v) is 15.8. The van der Waals surface area contributed by atoms with E-state index in [2.05, 4.69) is 19.1 Å². The van der Waals surface area contributed by atoms with Crippen molar-refractivity contribution in [2.24, 2.45) is 0 Å². The van der Waals surface area contributed by atoms with Gasteiger partial charge >= 0.3 is 0 Å². The summed E-state index contributed by atoms with van der Waals surface area (Å²) < 4.78 is 8.30. The highest BCUT2D eigenvalue weighted by atomic mass is 32.1. The second-order valence-corrected chi connectivity index (χ2v) is 7.67. The molecule has 0 amide bonds. The lowest BCUT2D eigenvalue weighted by atomic mass is 10.0. The zero-order chi connectivity index (χ0) is 18.5. The van der Waals surface area contributed by atoms with Gasteiger partial charge in [-0.1, -0.05) is 42.5 Å². The Hall–Kier alpha value is -3.11. The van der Waals surface area contributed by atoms with E-state index in [-0.39, 0.29) is 5.56 Å². The van der Waals surface area contributed by atoms with Crippen LogP contribution in [0.4, 0.5) is 0 Å². The van der Waals surface area contributed by atoms with Crippen molar-refractivity contribution in [2.45, 2.75) is 6.92 Å². The number of hydrogen-bond donors (Lipinski definition) is 0. The quantitative estimate of drug-likeness (QED) is 0.403. The molecule has 0 saturated heterocycles. The summed E-state index contributed by atoms with van der Waals surface area (Å²) in [6, 6.07) is 22.1. The summed E-state index contributed by atoms with van der Waals surface area (Å²) >= 11 is 1.70. The summed E-state index contributed by atoms with van der Waals surface area (Å²) in [6.45, 7) is 2.11. The lowest BCUT2D eigenvalue weighted by Crippen LogP contribution is -2.13. The maximum Gasteiger partial charge on any atom is 0.263 e. The van der Waals surface area contributed by atoms with Crippen molar-refractivity contribution in [1.29, 1.82) is 0 Å². The average molecular weight is 371 g/mol. The number of aryl methyl sites for hydroxylation is 1. The van der Waals surface area contributed by atoms with Gasteiger partial charge in [-0.25, -0.2) is 0 Å². The summed E-state index contributed by atoms with van der Waals surface area (Å²) in [5.74, 6) is 0.790. The zero-order valence-electron chi connectivity index (χ0n) is 15.0. The van der Waals surface area contributed by atoms with Gasteiger partial charge in [0, 0.05) is 10.8 Å². The van der Waals surface area contributed by atoms with Crippen LogP contribution in [0.2, 0.25) is 0 Å². The molecule has 0 aromatic heterocycles. The number of hydrogen-bond acceptors (Lipinski definition) is 3. The predicted molar refractivity (Wildman–Crippen MR) is 113 cm³/mol. The molecule has 2 heterocycles. The first-order valence-corrected chi connectivity index (χ1v) is 9.60. The van der Waals surface area contributed by atoms with Crippen LogP contribution in [0.5, 0.6) is 5.75 Å². The van der Waals surface area contributed by atoms with Gasteiger partial charge in [-0.05, 0) is 42.3 Å². The number of fused-ring (bicyclic) bond motifs is 5. The molecule has 27 heavy (non-hydrogen) atoms. The lowest BCUT2D eigenvalue weighted by molar-refractivity contribution is 0.415. The fourth-order valence-electron chi connectivity index (χ4n) is 3.73. The van der Waals surface area contributed by atoms with Crippen LogP contribution in [-0.4, -0.2) is 11.7 Å². The van der Waals surface area contributed by atoms with Gasteiger partial charge in [-0.2, -0.15) is 0 Å². The van der Waals surface area contributed by atoms with Crippen LogP contribution in [0, 0.1) is 6.92 Å². The molecule has 2 aliphatic heterocycles. The molecule has 3 aromatic rings.